The van der Waals surface area contributed by atoms with E-state index in [-0.39, 0.29) is 28.0 Å². The SMILES string of the molecule is CCOc1cc(C2/C(=C(\O)c3cc(C)ccc3C)C(=O)C(=O)N2c2nnc(SCc3ccccc3)s2)ccc1O. The van der Waals surface area contributed by atoms with Crippen molar-refractivity contribution in [2.24, 2.45) is 0 Å². The summed E-state index contributed by atoms with van der Waals surface area (Å²) in [6.07, 6.45) is 0. The Bertz CT molecular complexity index is 1620. The average Bonchev–Trinajstić information content (AvgIpc) is 3.52. The number of benzene rings is 3. The topological polar surface area (TPSA) is 113 Å². The molecule has 5 rings (SSSR count). The van der Waals surface area contributed by atoms with Crippen LogP contribution in [-0.2, 0) is 15.3 Å². The molecule has 2 N–H and O–H groups in total. The zero-order chi connectivity index (χ0) is 28.4. The molecule has 0 bridgehead atoms. The molecule has 1 aromatic heterocycles. The number of rotatable bonds is 8. The number of thioether (sulfide) groups is 1. The molecule has 1 fully saturated rings. The maximum Gasteiger partial charge on any atom is 0.301 e. The molecule has 0 spiro atoms. The highest BCUT2D eigenvalue weighted by Gasteiger charge is 2.48. The minimum Gasteiger partial charge on any atom is -0.507 e. The number of hydrogen-bond donors (Lipinski definition) is 2. The van der Waals surface area contributed by atoms with Gasteiger partial charge in [-0.3, -0.25) is 14.5 Å². The first-order valence-electron chi connectivity index (χ1n) is 12.6. The van der Waals surface area contributed by atoms with Crippen molar-refractivity contribution in [2.75, 3.05) is 11.5 Å². The Balaban J connectivity index is 1.61. The summed E-state index contributed by atoms with van der Waals surface area (Å²) in [5, 5.41) is 30.6. The van der Waals surface area contributed by atoms with Gasteiger partial charge in [0, 0.05) is 11.3 Å². The Morgan fingerprint density at radius 3 is 2.58 bits per heavy atom. The van der Waals surface area contributed by atoms with Crippen molar-refractivity contribution >= 4 is 45.7 Å². The third-order valence-corrected chi connectivity index (χ3v) is 8.63. The molecule has 1 unspecified atom stereocenters. The summed E-state index contributed by atoms with van der Waals surface area (Å²) in [4.78, 5) is 28.3. The van der Waals surface area contributed by atoms with Crippen molar-refractivity contribution in [3.05, 3.63) is 100 Å². The number of aliphatic hydroxyl groups excluding tert-OH is 1. The number of nitrogens with zero attached hydrogens (tertiary/aromatic N) is 3. The summed E-state index contributed by atoms with van der Waals surface area (Å²) in [6.45, 7) is 5.80. The Kier molecular flexibility index (Phi) is 7.90. The summed E-state index contributed by atoms with van der Waals surface area (Å²) in [5.41, 5.74) is 3.63. The molecule has 0 saturated carbocycles. The quantitative estimate of drug-likeness (QED) is 0.0845. The molecule has 4 aromatic rings. The van der Waals surface area contributed by atoms with Gasteiger partial charge < -0.3 is 14.9 Å². The van der Waals surface area contributed by atoms with E-state index in [0.29, 0.717) is 27.8 Å². The maximum atomic E-state index is 13.5. The second-order valence-electron chi connectivity index (χ2n) is 9.27. The molecule has 40 heavy (non-hydrogen) atoms. The number of anilines is 1. The van der Waals surface area contributed by atoms with Gasteiger partial charge in [-0.15, -0.1) is 10.2 Å². The Labute approximate surface area is 240 Å². The van der Waals surface area contributed by atoms with E-state index in [4.69, 9.17) is 4.74 Å². The summed E-state index contributed by atoms with van der Waals surface area (Å²) >= 11 is 2.67. The van der Waals surface area contributed by atoms with E-state index >= 15 is 0 Å². The third kappa shape index (κ3) is 5.32. The number of phenols is 1. The highest BCUT2D eigenvalue weighted by Crippen LogP contribution is 2.45. The van der Waals surface area contributed by atoms with Crippen LogP contribution in [-0.4, -0.2) is 38.7 Å². The molecule has 1 aliphatic heterocycles. The number of hydrogen-bond acceptors (Lipinski definition) is 9. The lowest BCUT2D eigenvalue weighted by Gasteiger charge is -2.23. The fourth-order valence-electron chi connectivity index (χ4n) is 4.53. The second-order valence-corrected chi connectivity index (χ2v) is 11.5. The van der Waals surface area contributed by atoms with Crippen LogP contribution in [0.2, 0.25) is 0 Å². The van der Waals surface area contributed by atoms with Crippen LogP contribution in [0.15, 0.2) is 76.6 Å². The molecule has 10 heteroatoms. The molecule has 1 saturated heterocycles. The number of aryl methyl sites for hydroxylation is 2. The van der Waals surface area contributed by atoms with Crippen LogP contribution >= 0.6 is 23.1 Å². The molecule has 1 aliphatic rings. The normalized spacial score (nSPS) is 16.5. The lowest BCUT2D eigenvalue weighted by atomic mass is 9.93. The number of aromatic nitrogens is 2. The van der Waals surface area contributed by atoms with Crippen LogP contribution in [0.4, 0.5) is 5.13 Å². The van der Waals surface area contributed by atoms with Gasteiger partial charge in [0.05, 0.1) is 18.2 Å². The van der Waals surface area contributed by atoms with Crippen molar-refractivity contribution in [2.45, 2.75) is 36.9 Å². The Hall–Kier alpha value is -4.15. The molecule has 8 nitrogen and oxygen atoms in total. The summed E-state index contributed by atoms with van der Waals surface area (Å²) in [7, 11) is 0. The number of carbonyl (C=O) groups excluding carboxylic acids is 2. The van der Waals surface area contributed by atoms with Gasteiger partial charge in [-0.05, 0) is 55.7 Å². The standard InChI is InChI=1S/C30H27N3O5S2/c1-4-38-23-15-20(12-13-22(23)34)25-24(26(35)21-14-17(2)10-11-18(21)3)27(36)28(37)33(25)29-31-32-30(40-29)39-16-19-8-6-5-7-9-19/h5-15,25,34-35H,4,16H2,1-3H3/b26-24+. The zero-order valence-electron chi connectivity index (χ0n) is 22.1. The van der Waals surface area contributed by atoms with E-state index in [1.165, 1.54) is 34.1 Å². The van der Waals surface area contributed by atoms with Crippen molar-refractivity contribution < 1.29 is 24.5 Å². The molecule has 1 amide bonds. The zero-order valence-corrected chi connectivity index (χ0v) is 23.8. The highest BCUT2D eigenvalue weighted by atomic mass is 32.2. The fraction of sp³-hybridized carbons (Fsp3) is 0.200. The Morgan fingerprint density at radius 2 is 1.82 bits per heavy atom. The van der Waals surface area contributed by atoms with E-state index in [0.717, 1.165) is 16.7 Å². The summed E-state index contributed by atoms with van der Waals surface area (Å²) < 4.78 is 6.21. The highest BCUT2D eigenvalue weighted by molar-refractivity contribution is 8.00. The van der Waals surface area contributed by atoms with E-state index in [1.54, 1.807) is 25.1 Å². The van der Waals surface area contributed by atoms with E-state index in [2.05, 4.69) is 10.2 Å². The second kappa shape index (κ2) is 11.5. The fourth-order valence-corrected chi connectivity index (χ4v) is 6.35. The van der Waals surface area contributed by atoms with Crippen molar-refractivity contribution in [3.63, 3.8) is 0 Å². The van der Waals surface area contributed by atoms with E-state index in [1.807, 2.05) is 56.3 Å². The van der Waals surface area contributed by atoms with Crippen molar-refractivity contribution in [1.82, 2.24) is 10.2 Å². The van der Waals surface area contributed by atoms with Crippen LogP contribution in [0.5, 0.6) is 11.5 Å². The van der Waals surface area contributed by atoms with Crippen LogP contribution in [0.3, 0.4) is 0 Å². The number of aromatic hydroxyl groups is 1. The van der Waals surface area contributed by atoms with Gasteiger partial charge in [0.15, 0.2) is 15.8 Å². The first-order chi connectivity index (χ1) is 19.3. The number of ketones is 1. The summed E-state index contributed by atoms with van der Waals surface area (Å²) in [6, 6.07) is 19.1. The van der Waals surface area contributed by atoms with Gasteiger partial charge >= 0.3 is 5.91 Å². The smallest absolute Gasteiger partial charge is 0.301 e. The molecule has 0 aliphatic carbocycles. The third-order valence-electron chi connectivity index (χ3n) is 6.50. The van der Waals surface area contributed by atoms with Crippen molar-refractivity contribution in [1.29, 1.82) is 0 Å². The minimum absolute atomic E-state index is 0.0690. The van der Waals surface area contributed by atoms with Gasteiger partial charge in [-0.1, -0.05) is 77.2 Å². The van der Waals surface area contributed by atoms with Gasteiger partial charge in [0.25, 0.3) is 5.78 Å². The van der Waals surface area contributed by atoms with Crippen LogP contribution in [0.1, 0.15) is 40.8 Å². The average molecular weight is 574 g/mol. The molecule has 0 radical (unpaired) electrons. The number of carbonyl (C=O) groups is 2. The van der Waals surface area contributed by atoms with Gasteiger partial charge in [-0.2, -0.15) is 0 Å². The summed E-state index contributed by atoms with van der Waals surface area (Å²) in [5.74, 6) is -1.13. The lowest BCUT2D eigenvalue weighted by molar-refractivity contribution is -0.132. The number of phenolic OH excluding ortho intramolecular Hbond substituents is 1. The first-order valence-corrected chi connectivity index (χ1v) is 14.4. The lowest BCUT2D eigenvalue weighted by Crippen LogP contribution is -2.29. The largest absolute Gasteiger partial charge is 0.507 e. The predicted octanol–water partition coefficient (Wildman–Crippen LogP) is 6.18. The molecule has 1 atom stereocenters. The number of Topliss-reactive ketones (excluding diaryl/α,β-unsaturated/α-hetero) is 1. The maximum absolute atomic E-state index is 13.5. The van der Waals surface area contributed by atoms with Crippen molar-refractivity contribution in [3.8, 4) is 11.5 Å². The van der Waals surface area contributed by atoms with Gasteiger partial charge in [0.2, 0.25) is 5.13 Å². The molecule has 3 aromatic carbocycles. The monoisotopic (exact) mass is 573 g/mol. The number of amides is 1. The van der Waals surface area contributed by atoms with Gasteiger partial charge in [0.1, 0.15) is 5.76 Å². The van der Waals surface area contributed by atoms with Crippen LogP contribution in [0.25, 0.3) is 5.76 Å². The minimum atomic E-state index is -1.01. The predicted molar refractivity (Wildman–Crippen MR) is 156 cm³/mol. The van der Waals surface area contributed by atoms with E-state index in [9.17, 15) is 19.8 Å². The van der Waals surface area contributed by atoms with Crippen LogP contribution < -0.4 is 9.64 Å². The first kappa shape index (κ1) is 27.4. The molecule has 204 valence electrons. The number of aliphatic hydroxyl groups is 1. The molecular weight excluding hydrogens is 546 g/mol. The van der Waals surface area contributed by atoms with Crippen LogP contribution in [0, 0.1) is 13.8 Å². The van der Waals surface area contributed by atoms with E-state index < -0.39 is 17.7 Å². The molecule has 2 heterocycles. The Morgan fingerprint density at radius 1 is 1.05 bits per heavy atom. The van der Waals surface area contributed by atoms with Gasteiger partial charge in [-0.25, -0.2) is 0 Å². The molecular formula is C30H27N3O5S2. The number of ether oxygens (including phenoxy) is 1.